The minimum Gasteiger partial charge on any atom is -0.478 e. The van der Waals surface area contributed by atoms with Gasteiger partial charge in [0.25, 0.3) is 0 Å². The van der Waals surface area contributed by atoms with Crippen LogP contribution >= 0.6 is 0 Å². The molecule has 1 aromatic rings. The van der Waals surface area contributed by atoms with E-state index in [9.17, 15) is 9.59 Å². The number of carboxylic acid groups (broad SMARTS) is 1. The predicted molar refractivity (Wildman–Crippen MR) is 67.7 cm³/mol. The van der Waals surface area contributed by atoms with Crippen LogP contribution in [0.15, 0.2) is 24.3 Å². The summed E-state index contributed by atoms with van der Waals surface area (Å²) in [6.07, 6.45) is -0.943. The average molecular weight is 261 g/mol. The van der Waals surface area contributed by atoms with Crippen molar-refractivity contribution in [3.05, 3.63) is 35.4 Å². The fourth-order valence-corrected chi connectivity index (χ4v) is 1.41. The molecule has 0 heterocycles. The lowest BCUT2D eigenvalue weighted by Crippen LogP contribution is -2.30. The third-order valence-corrected chi connectivity index (χ3v) is 2.51. The molecule has 0 aliphatic carbocycles. The minimum atomic E-state index is -1.21. The van der Waals surface area contributed by atoms with Gasteiger partial charge in [-0.25, -0.2) is 9.59 Å². The van der Waals surface area contributed by atoms with E-state index in [-0.39, 0.29) is 11.1 Å². The fraction of sp³-hybridized carbons (Fsp3) is 0.357. The van der Waals surface area contributed by atoms with Crippen molar-refractivity contribution in [2.75, 3.05) is 0 Å². The molecule has 0 unspecified atom stereocenters. The molecule has 1 rings (SSSR count). The Morgan fingerprint density at radius 2 is 1.79 bits per heavy atom. The largest absolute Gasteiger partial charge is 0.478 e. The molecule has 19 heavy (non-hydrogen) atoms. The SMILES string of the molecule is CC(C)(C)[C@H](C#N)OC(=O)c1ccccc1C(=O)O. The van der Waals surface area contributed by atoms with Crippen molar-refractivity contribution >= 4 is 11.9 Å². The van der Waals surface area contributed by atoms with E-state index in [2.05, 4.69) is 0 Å². The number of carboxylic acids is 1. The third-order valence-electron chi connectivity index (χ3n) is 2.51. The number of hydrogen-bond donors (Lipinski definition) is 1. The quantitative estimate of drug-likeness (QED) is 0.844. The van der Waals surface area contributed by atoms with Crippen LogP contribution in [0.5, 0.6) is 0 Å². The highest BCUT2D eigenvalue weighted by Crippen LogP contribution is 2.23. The van der Waals surface area contributed by atoms with E-state index in [4.69, 9.17) is 15.1 Å². The number of aromatic carboxylic acids is 1. The van der Waals surface area contributed by atoms with E-state index in [1.165, 1.54) is 18.2 Å². The van der Waals surface area contributed by atoms with Crippen LogP contribution in [0.4, 0.5) is 0 Å². The summed E-state index contributed by atoms with van der Waals surface area (Å²) < 4.78 is 5.08. The summed E-state index contributed by atoms with van der Waals surface area (Å²) in [5.74, 6) is -2.02. The first-order chi connectivity index (χ1) is 8.77. The van der Waals surface area contributed by atoms with E-state index in [0.717, 1.165) is 0 Å². The van der Waals surface area contributed by atoms with Gasteiger partial charge in [-0.05, 0) is 12.1 Å². The molecule has 0 aromatic heterocycles. The van der Waals surface area contributed by atoms with Gasteiger partial charge in [-0.2, -0.15) is 5.26 Å². The van der Waals surface area contributed by atoms with E-state index < -0.39 is 23.5 Å². The second-order valence-corrected chi connectivity index (χ2v) is 5.13. The zero-order valence-electron chi connectivity index (χ0n) is 11.0. The molecule has 1 aromatic carbocycles. The molecule has 5 nitrogen and oxygen atoms in total. The van der Waals surface area contributed by atoms with Crippen LogP contribution < -0.4 is 0 Å². The first-order valence-electron chi connectivity index (χ1n) is 5.70. The van der Waals surface area contributed by atoms with Gasteiger partial charge in [0.15, 0.2) is 6.10 Å². The van der Waals surface area contributed by atoms with Gasteiger partial charge in [0.05, 0.1) is 11.1 Å². The summed E-state index contributed by atoms with van der Waals surface area (Å²) in [5, 5.41) is 18.0. The van der Waals surface area contributed by atoms with Crippen LogP contribution in [0.1, 0.15) is 41.5 Å². The molecule has 1 atom stereocenters. The maximum absolute atomic E-state index is 11.9. The predicted octanol–water partition coefficient (Wildman–Crippen LogP) is 2.48. The van der Waals surface area contributed by atoms with Crippen LogP contribution in [0.3, 0.4) is 0 Å². The standard InChI is InChI=1S/C14H15NO4/c1-14(2,3)11(8-15)19-13(18)10-7-5-4-6-9(10)12(16)17/h4-7,11H,1-3H3,(H,16,17)/t11-/m0/s1. The van der Waals surface area contributed by atoms with Gasteiger partial charge in [0.1, 0.15) is 6.07 Å². The van der Waals surface area contributed by atoms with Gasteiger partial charge < -0.3 is 9.84 Å². The molecule has 0 aliphatic heterocycles. The molecule has 5 heteroatoms. The lowest BCUT2D eigenvalue weighted by atomic mass is 9.90. The van der Waals surface area contributed by atoms with Gasteiger partial charge >= 0.3 is 11.9 Å². The summed E-state index contributed by atoms with van der Waals surface area (Å²) in [7, 11) is 0. The highest BCUT2D eigenvalue weighted by molar-refractivity contribution is 6.02. The van der Waals surface area contributed by atoms with E-state index in [0.29, 0.717) is 0 Å². The topological polar surface area (TPSA) is 87.4 Å². The molecule has 0 amide bonds. The number of nitrogens with zero attached hydrogens (tertiary/aromatic N) is 1. The van der Waals surface area contributed by atoms with Crippen LogP contribution in [0.2, 0.25) is 0 Å². The summed E-state index contributed by atoms with van der Waals surface area (Å²) in [6, 6.07) is 7.64. The molecule has 0 saturated heterocycles. The van der Waals surface area contributed by atoms with Crippen molar-refractivity contribution in [2.24, 2.45) is 5.41 Å². The Labute approximate surface area is 111 Å². The molecule has 0 fully saturated rings. The summed E-state index contributed by atoms with van der Waals surface area (Å²) in [4.78, 5) is 23.0. The third kappa shape index (κ3) is 3.55. The lowest BCUT2D eigenvalue weighted by Gasteiger charge is -2.24. The Hall–Kier alpha value is -2.35. The number of rotatable bonds is 3. The van der Waals surface area contributed by atoms with Gasteiger partial charge in [-0.15, -0.1) is 0 Å². The number of esters is 1. The Bertz CT molecular complexity index is 537. The number of ether oxygens (including phenoxy) is 1. The second-order valence-electron chi connectivity index (χ2n) is 5.13. The van der Waals surface area contributed by atoms with Crippen molar-refractivity contribution in [2.45, 2.75) is 26.9 Å². The molecule has 0 spiro atoms. The summed E-state index contributed by atoms with van der Waals surface area (Å²) >= 11 is 0. The molecular formula is C14H15NO4. The average Bonchev–Trinajstić information content (AvgIpc) is 2.34. The Balaban J connectivity index is 3.03. The van der Waals surface area contributed by atoms with Crippen molar-refractivity contribution in [3.8, 4) is 6.07 Å². The van der Waals surface area contributed by atoms with Crippen molar-refractivity contribution in [3.63, 3.8) is 0 Å². The van der Waals surface area contributed by atoms with E-state index >= 15 is 0 Å². The molecule has 0 radical (unpaired) electrons. The zero-order valence-corrected chi connectivity index (χ0v) is 11.0. The lowest BCUT2D eigenvalue weighted by molar-refractivity contribution is 0.0169. The first-order valence-corrected chi connectivity index (χ1v) is 5.70. The Morgan fingerprint density at radius 3 is 2.21 bits per heavy atom. The molecule has 1 N–H and O–H groups in total. The molecular weight excluding hydrogens is 246 g/mol. The number of hydrogen-bond acceptors (Lipinski definition) is 4. The number of nitriles is 1. The first kappa shape index (κ1) is 14.7. The van der Waals surface area contributed by atoms with Gasteiger partial charge in [0.2, 0.25) is 0 Å². The van der Waals surface area contributed by atoms with E-state index in [1.807, 2.05) is 6.07 Å². The normalized spacial score (nSPS) is 12.3. The smallest absolute Gasteiger partial charge is 0.340 e. The number of benzene rings is 1. The van der Waals surface area contributed by atoms with Crippen LogP contribution in [-0.4, -0.2) is 23.1 Å². The number of carbonyl (C=O) groups excluding carboxylic acids is 1. The van der Waals surface area contributed by atoms with Crippen LogP contribution in [0, 0.1) is 16.7 Å². The maximum Gasteiger partial charge on any atom is 0.340 e. The van der Waals surface area contributed by atoms with Gasteiger partial charge in [-0.1, -0.05) is 32.9 Å². The number of carbonyl (C=O) groups is 2. The van der Waals surface area contributed by atoms with E-state index in [1.54, 1.807) is 26.8 Å². The molecule has 0 aliphatic rings. The van der Waals surface area contributed by atoms with Crippen molar-refractivity contribution in [1.82, 2.24) is 0 Å². The Kier molecular flexibility index (Phi) is 4.28. The highest BCUT2D eigenvalue weighted by Gasteiger charge is 2.29. The second kappa shape index (κ2) is 5.53. The zero-order chi connectivity index (χ0) is 14.6. The van der Waals surface area contributed by atoms with Gasteiger partial charge in [0, 0.05) is 5.41 Å². The Morgan fingerprint density at radius 1 is 1.26 bits per heavy atom. The summed E-state index contributed by atoms with van der Waals surface area (Å²) in [6.45, 7) is 5.28. The van der Waals surface area contributed by atoms with Crippen LogP contribution in [0.25, 0.3) is 0 Å². The minimum absolute atomic E-state index is 0.0560. The molecule has 100 valence electrons. The molecule has 0 bridgehead atoms. The van der Waals surface area contributed by atoms with Crippen molar-refractivity contribution in [1.29, 1.82) is 5.26 Å². The summed E-state index contributed by atoms with van der Waals surface area (Å²) in [5.41, 5.74) is -0.736. The fourth-order valence-electron chi connectivity index (χ4n) is 1.41. The monoisotopic (exact) mass is 261 g/mol. The van der Waals surface area contributed by atoms with Crippen molar-refractivity contribution < 1.29 is 19.4 Å². The van der Waals surface area contributed by atoms with Crippen LogP contribution in [-0.2, 0) is 4.74 Å². The van der Waals surface area contributed by atoms with Gasteiger partial charge in [-0.3, -0.25) is 0 Å². The molecule has 0 saturated carbocycles. The highest BCUT2D eigenvalue weighted by atomic mass is 16.5. The maximum atomic E-state index is 11.9.